The molecule has 0 bridgehead atoms. The SMILES string of the molecule is CCc1cc2c(cc1C(=O)N1CCc3cc(F)ccc31)[nH]c(=O)c1nnc(C3CCC3)n12. The average molecular weight is 431 g/mol. The number of anilines is 1. The predicted molar refractivity (Wildman–Crippen MR) is 119 cm³/mol. The van der Waals surface area contributed by atoms with Gasteiger partial charge in [0.25, 0.3) is 11.5 Å². The quantitative estimate of drug-likeness (QED) is 0.536. The normalized spacial score (nSPS) is 16.0. The van der Waals surface area contributed by atoms with Gasteiger partial charge in [-0.25, -0.2) is 4.39 Å². The van der Waals surface area contributed by atoms with Crippen molar-refractivity contribution in [2.45, 2.75) is 44.9 Å². The maximum atomic E-state index is 13.6. The van der Waals surface area contributed by atoms with Crippen LogP contribution in [0.5, 0.6) is 0 Å². The third kappa shape index (κ3) is 2.71. The number of nitrogens with one attached hydrogen (secondary N) is 1. The van der Waals surface area contributed by atoms with E-state index < -0.39 is 0 Å². The van der Waals surface area contributed by atoms with E-state index in [1.165, 1.54) is 12.1 Å². The van der Waals surface area contributed by atoms with E-state index in [1.807, 2.05) is 17.4 Å². The summed E-state index contributed by atoms with van der Waals surface area (Å²) in [4.78, 5) is 30.9. The number of hydrogen-bond donors (Lipinski definition) is 1. The summed E-state index contributed by atoms with van der Waals surface area (Å²) in [5.41, 5.74) is 4.38. The van der Waals surface area contributed by atoms with Gasteiger partial charge in [0.1, 0.15) is 11.6 Å². The molecular formula is C24H22FN5O2. The Hall–Kier alpha value is -3.55. The monoisotopic (exact) mass is 431 g/mol. The van der Waals surface area contributed by atoms with Gasteiger partial charge in [0.2, 0.25) is 5.65 Å². The van der Waals surface area contributed by atoms with E-state index in [4.69, 9.17) is 0 Å². The molecule has 1 amide bonds. The Bertz CT molecular complexity index is 1470. The van der Waals surface area contributed by atoms with Crippen LogP contribution in [-0.4, -0.2) is 32.0 Å². The number of fused-ring (bicyclic) bond motifs is 4. The van der Waals surface area contributed by atoms with Crippen molar-refractivity contribution in [1.29, 1.82) is 0 Å². The smallest absolute Gasteiger partial charge is 0.294 e. The molecule has 1 aliphatic carbocycles. The molecule has 0 spiro atoms. The topological polar surface area (TPSA) is 83.4 Å². The van der Waals surface area contributed by atoms with Crippen LogP contribution in [0.15, 0.2) is 35.1 Å². The Balaban J connectivity index is 1.52. The van der Waals surface area contributed by atoms with Crippen molar-refractivity contribution in [1.82, 2.24) is 19.6 Å². The summed E-state index contributed by atoms with van der Waals surface area (Å²) in [5, 5.41) is 8.47. The number of carbonyl (C=O) groups is 1. The van der Waals surface area contributed by atoms with Gasteiger partial charge in [-0.2, -0.15) is 0 Å². The maximum Gasteiger partial charge on any atom is 0.294 e. The Morgan fingerprint density at radius 3 is 2.81 bits per heavy atom. The molecule has 7 nitrogen and oxygen atoms in total. The van der Waals surface area contributed by atoms with E-state index in [1.54, 1.807) is 17.0 Å². The fourth-order valence-electron chi connectivity index (χ4n) is 4.92. The lowest BCUT2D eigenvalue weighted by atomic mass is 9.85. The van der Waals surface area contributed by atoms with Crippen molar-refractivity contribution in [2.75, 3.05) is 11.4 Å². The van der Waals surface area contributed by atoms with E-state index in [2.05, 4.69) is 15.2 Å². The van der Waals surface area contributed by atoms with Gasteiger partial charge in [-0.15, -0.1) is 10.2 Å². The number of aromatic amines is 1. The summed E-state index contributed by atoms with van der Waals surface area (Å²) in [6, 6.07) is 8.28. The van der Waals surface area contributed by atoms with Crippen molar-refractivity contribution in [3.63, 3.8) is 0 Å². The summed E-state index contributed by atoms with van der Waals surface area (Å²) in [7, 11) is 0. The fraction of sp³-hybridized carbons (Fsp3) is 0.333. The Labute approximate surface area is 182 Å². The minimum absolute atomic E-state index is 0.141. The lowest BCUT2D eigenvalue weighted by Gasteiger charge is -2.24. The van der Waals surface area contributed by atoms with Crippen molar-refractivity contribution in [2.24, 2.45) is 0 Å². The lowest BCUT2D eigenvalue weighted by Crippen LogP contribution is -2.30. The van der Waals surface area contributed by atoms with E-state index in [0.29, 0.717) is 36.4 Å². The number of benzene rings is 2. The first kappa shape index (κ1) is 19.2. The number of rotatable bonds is 3. The summed E-state index contributed by atoms with van der Waals surface area (Å²) < 4.78 is 15.5. The summed E-state index contributed by atoms with van der Waals surface area (Å²) in [5.74, 6) is 0.690. The third-order valence-electron chi connectivity index (χ3n) is 6.87. The average Bonchev–Trinajstić information content (AvgIpc) is 3.36. The number of amides is 1. The maximum absolute atomic E-state index is 13.6. The zero-order valence-electron chi connectivity index (χ0n) is 17.7. The molecule has 1 N–H and O–H groups in total. The molecule has 2 aromatic carbocycles. The van der Waals surface area contributed by atoms with Crippen LogP contribution >= 0.6 is 0 Å². The number of aryl methyl sites for hydroxylation is 1. The van der Waals surface area contributed by atoms with Crippen molar-refractivity contribution >= 4 is 28.3 Å². The number of hydrogen-bond acceptors (Lipinski definition) is 4. The van der Waals surface area contributed by atoms with Crippen LogP contribution in [0.4, 0.5) is 10.1 Å². The van der Waals surface area contributed by atoms with Crippen LogP contribution in [-0.2, 0) is 12.8 Å². The first-order valence-corrected chi connectivity index (χ1v) is 11.1. The zero-order valence-corrected chi connectivity index (χ0v) is 17.7. The van der Waals surface area contributed by atoms with E-state index in [-0.39, 0.29) is 22.9 Å². The largest absolute Gasteiger partial charge is 0.317 e. The minimum Gasteiger partial charge on any atom is -0.317 e. The highest BCUT2D eigenvalue weighted by atomic mass is 19.1. The van der Waals surface area contributed by atoms with Crippen molar-refractivity contribution in [3.8, 4) is 0 Å². The van der Waals surface area contributed by atoms with Gasteiger partial charge >= 0.3 is 0 Å². The van der Waals surface area contributed by atoms with Crippen LogP contribution < -0.4 is 10.5 Å². The number of aromatic nitrogens is 4. The molecule has 0 saturated heterocycles. The minimum atomic E-state index is -0.319. The van der Waals surface area contributed by atoms with Gasteiger partial charge in [0.05, 0.1) is 11.0 Å². The zero-order chi connectivity index (χ0) is 22.0. The molecule has 2 aliphatic rings. The molecular weight excluding hydrogens is 409 g/mol. The second kappa shape index (κ2) is 6.98. The number of carbonyl (C=O) groups excluding carboxylic acids is 1. The Kier molecular flexibility index (Phi) is 4.18. The van der Waals surface area contributed by atoms with Crippen LogP contribution in [0, 0.1) is 5.82 Å². The first-order chi connectivity index (χ1) is 15.5. The summed E-state index contributed by atoms with van der Waals surface area (Å²) in [6.07, 6.45) is 4.52. The Morgan fingerprint density at radius 1 is 1.22 bits per heavy atom. The molecule has 1 fully saturated rings. The molecule has 162 valence electrons. The highest BCUT2D eigenvalue weighted by Gasteiger charge is 2.29. The van der Waals surface area contributed by atoms with E-state index in [9.17, 15) is 14.0 Å². The molecule has 0 radical (unpaired) electrons. The van der Waals surface area contributed by atoms with Gasteiger partial charge in [0, 0.05) is 23.7 Å². The molecule has 32 heavy (non-hydrogen) atoms. The van der Waals surface area contributed by atoms with Gasteiger partial charge in [-0.3, -0.25) is 14.0 Å². The number of halogens is 1. The van der Waals surface area contributed by atoms with Gasteiger partial charge in [-0.1, -0.05) is 13.3 Å². The molecule has 0 atom stereocenters. The van der Waals surface area contributed by atoms with Crippen molar-refractivity contribution in [3.05, 3.63) is 69.0 Å². The molecule has 8 heteroatoms. The molecule has 0 unspecified atom stereocenters. The summed E-state index contributed by atoms with van der Waals surface area (Å²) >= 11 is 0. The molecule has 2 aromatic heterocycles. The van der Waals surface area contributed by atoms with E-state index in [0.717, 1.165) is 47.4 Å². The first-order valence-electron chi connectivity index (χ1n) is 11.1. The van der Waals surface area contributed by atoms with Gasteiger partial charge in [-0.05, 0) is 67.1 Å². The fourth-order valence-corrected chi connectivity index (χ4v) is 4.92. The highest BCUT2D eigenvalue weighted by molar-refractivity contribution is 6.09. The van der Waals surface area contributed by atoms with Crippen LogP contribution in [0.25, 0.3) is 16.7 Å². The molecule has 1 aliphatic heterocycles. The highest BCUT2D eigenvalue weighted by Crippen LogP contribution is 2.36. The third-order valence-corrected chi connectivity index (χ3v) is 6.87. The Morgan fingerprint density at radius 2 is 2.06 bits per heavy atom. The second-order valence-electron chi connectivity index (χ2n) is 8.66. The second-order valence-corrected chi connectivity index (χ2v) is 8.66. The van der Waals surface area contributed by atoms with Crippen LogP contribution in [0.3, 0.4) is 0 Å². The summed E-state index contributed by atoms with van der Waals surface area (Å²) in [6.45, 7) is 2.51. The van der Waals surface area contributed by atoms with Crippen molar-refractivity contribution < 1.29 is 9.18 Å². The number of nitrogens with zero attached hydrogens (tertiary/aromatic N) is 4. The molecule has 3 heterocycles. The molecule has 6 rings (SSSR count). The van der Waals surface area contributed by atoms with Crippen LogP contribution in [0.2, 0.25) is 0 Å². The van der Waals surface area contributed by atoms with Gasteiger partial charge < -0.3 is 9.88 Å². The molecule has 1 saturated carbocycles. The van der Waals surface area contributed by atoms with Gasteiger partial charge in [0.15, 0.2) is 0 Å². The number of H-pyrrole nitrogens is 1. The lowest BCUT2D eigenvalue weighted by molar-refractivity contribution is 0.0988. The molecule has 4 aromatic rings. The van der Waals surface area contributed by atoms with E-state index >= 15 is 0 Å². The predicted octanol–water partition coefficient (Wildman–Crippen LogP) is 3.74. The standard InChI is InChI=1S/C24H22FN5O2/c1-2-13-11-20-18(26-23(31)22-28-27-21(30(20)22)14-4-3-5-14)12-17(13)24(32)29-9-8-15-10-16(25)6-7-19(15)29/h6-7,10-12,14H,2-5,8-9H2,1H3,(H,26,31). The van der Waals surface area contributed by atoms with Crippen LogP contribution in [0.1, 0.15) is 59.4 Å².